The summed E-state index contributed by atoms with van der Waals surface area (Å²) in [7, 11) is 0. The van der Waals surface area contributed by atoms with Crippen LogP contribution in [0.3, 0.4) is 0 Å². The molecule has 2 fully saturated rings. The Bertz CT molecular complexity index is 1140. The van der Waals surface area contributed by atoms with Gasteiger partial charge in [-0.2, -0.15) is 4.98 Å². The molecule has 2 aromatic heterocycles. The lowest BCUT2D eigenvalue weighted by molar-refractivity contribution is 0.0237. The molecule has 10 nitrogen and oxygen atoms in total. The molecule has 1 saturated heterocycles. The fourth-order valence-corrected chi connectivity index (χ4v) is 5.05. The zero-order chi connectivity index (χ0) is 28.7. The van der Waals surface area contributed by atoms with Crippen LogP contribution in [0.2, 0.25) is 0 Å². The number of pyridine rings is 1. The van der Waals surface area contributed by atoms with Crippen LogP contribution in [0.1, 0.15) is 84.6 Å². The van der Waals surface area contributed by atoms with E-state index in [0.29, 0.717) is 24.9 Å². The lowest BCUT2D eigenvalue weighted by Crippen LogP contribution is -2.45. The van der Waals surface area contributed by atoms with E-state index in [1.165, 1.54) is 5.57 Å². The van der Waals surface area contributed by atoms with Gasteiger partial charge < -0.3 is 20.1 Å². The van der Waals surface area contributed by atoms with Crippen molar-refractivity contribution in [2.75, 3.05) is 30.0 Å². The Morgan fingerprint density at radius 3 is 2.52 bits per heavy atom. The van der Waals surface area contributed by atoms with Gasteiger partial charge in [0.15, 0.2) is 5.82 Å². The Morgan fingerprint density at radius 2 is 1.90 bits per heavy atom. The van der Waals surface area contributed by atoms with Gasteiger partial charge in [-0.05, 0) is 77.3 Å². The van der Waals surface area contributed by atoms with Gasteiger partial charge in [0.05, 0.1) is 17.4 Å². The molecule has 2 aliphatic rings. The minimum Gasteiger partial charge on any atom is -0.444 e. The summed E-state index contributed by atoms with van der Waals surface area (Å²) < 4.78 is 5.51. The van der Waals surface area contributed by atoms with E-state index in [1.54, 1.807) is 16.1 Å². The zero-order valence-corrected chi connectivity index (χ0v) is 24.4. The van der Waals surface area contributed by atoms with Crippen LogP contribution in [0, 0.1) is 0 Å². The van der Waals surface area contributed by atoms with E-state index in [0.717, 1.165) is 74.7 Å². The summed E-state index contributed by atoms with van der Waals surface area (Å²) in [5, 5.41) is 15.0. The van der Waals surface area contributed by atoms with Crippen LogP contribution >= 0.6 is 0 Å². The number of unbranched alkanes of at least 4 members (excludes halogenated alkanes) is 1. The number of aromatic nitrogens is 3. The van der Waals surface area contributed by atoms with Gasteiger partial charge in [0, 0.05) is 38.1 Å². The highest BCUT2D eigenvalue weighted by Crippen LogP contribution is 2.32. The van der Waals surface area contributed by atoms with Crippen molar-refractivity contribution >= 4 is 23.9 Å². The SMILES string of the molecule is CCCCNc1ncc(-c2ccc(C=C3CCN(C(=O)OC(C)(C)C)CC3)cn2)c(N(N)[C@H]2CC[C@H](O)CC2)n1. The van der Waals surface area contributed by atoms with Crippen LogP contribution in [-0.2, 0) is 4.74 Å². The number of aliphatic hydroxyl groups is 1. The van der Waals surface area contributed by atoms with Gasteiger partial charge in [0.1, 0.15) is 5.60 Å². The number of hydrogen-bond acceptors (Lipinski definition) is 9. The number of nitrogens with one attached hydrogen (secondary N) is 1. The molecule has 4 N–H and O–H groups in total. The Kier molecular flexibility index (Phi) is 9.97. The van der Waals surface area contributed by atoms with E-state index in [2.05, 4.69) is 23.3 Å². The molecular formula is C30H45N7O3. The molecule has 40 heavy (non-hydrogen) atoms. The molecule has 1 aliphatic heterocycles. The number of carbonyl (C=O) groups excluding carboxylic acids is 1. The van der Waals surface area contributed by atoms with Crippen molar-refractivity contribution in [1.29, 1.82) is 0 Å². The first-order valence-corrected chi connectivity index (χ1v) is 14.6. The summed E-state index contributed by atoms with van der Waals surface area (Å²) in [4.78, 5) is 28.2. The van der Waals surface area contributed by atoms with Gasteiger partial charge in [0.2, 0.25) is 5.95 Å². The fraction of sp³-hybridized carbons (Fsp3) is 0.600. The standard InChI is InChI=1S/C30H45N7O3/c1-5-6-15-32-28-34-20-25(27(35-28)37(31)23-8-10-24(38)11-9-23)26-12-7-22(19-33-26)18-21-13-16-36(17-14-21)29(39)40-30(2,3)4/h7,12,18-20,23-24,38H,5-6,8-11,13-17,31H2,1-4H3,(H,32,34,35)/t23-,24-. The largest absolute Gasteiger partial charge is 0.444 e. The highest BCUT2D eigenvalue weighted by atomic mass is 16.6. The quantitative estimate of drug-likeness (QED) is 0.232. The van der Waals surface area contributed by atoms with Crippen LogP contribution in [-0.4, -0.2) is 68.4 Å². The Labute approximate surface area is 238 Å². The van der Waals surface area contributed by atoms with Gasteiger partial charge in [-0.1, -0.05) is 31.1 Å². The van der Waals surface area contributed by atoms with Gasteiger partial charge >= 0.3 is 6.09 Å². The number of nitrogens with two attached hydrogens (primary N) is 1. The van der Waals surface area contributed by atoms with E-state index in [9.17, 15) is 9.90 Å². The number of likely N-dealkylation sites (tertiary alicyclic amines) is 1. The van der Waals surface area contributed by atoms with Gasteiger partial charge in [0.25, 0.3) is 0 Å². The number of piperidine rings is 1. The molecule has 4 rings (SSSR count). The highest BCUT2D eigenvalue weighted by Gasteiger charge is 2.27. The summed E-state index contributed by atoms with van der Waals surface area (Å²) in [6.45, 7) is 9.90. The summed E-state index contributed by atoms with van der Waals surface area (Å²) in [5.41, 5.74) is 3.34. The topological polar surface area (TPSA) is 130 Å². The van der Waals surface area contributed by atoms with E-state index < -0.39 is 5.60 Å². The van der Waals surface area contributed by atoms with Crippen molar-refractivity contribution in [3.63, 3.8) is 0 Å². The van der Waals surface area contributed by atoms with E-state index in [4.69, 9.17) is 20.5 Å². The molecule has 0 bridgehead atoms. The van der Waals surface area contributed by atoms with Crippen molar-refractivity contribution in [3.8, 4) is 11.3 Å². The van der Waals surface area contributed by atoms with E-state index >= 15 is 0 Å². The minimum absolute atomic E-state index is 0.0936. The molecule has 218 valence electrons. The molecule has 2 aromatic rings. The van der Waals surface area contributed by atoms with Crippen molar-refractivity contribution in [2.24, 2.45) is 5.84 Å². The molecule has 1 aliphatic carbocycles. The third-order valence-electron chi connectivity index (χ3n) is 7.38. The third-order valence-corrected chi connectivity index (χ3v) is 7.38. The number of rotatable bonds is 8. The lowest BCUT2D eigenvalue weighted by Gasteiger charge is -2.34. The Balaban J connectivity index is 1.48. The second kappa shape index (κ2) is 13.4. The minimum atomic E-state index is -0.489. The normalized spacial score (nSPS) is 19.8. The molecule has 10 heteroatoms. The average Bonchev–Trinajstić information content (AvgIpc) is 2.93. The molecule has 3 heterocycles. The smallest absolute Gasteiger partial charge is 0.410 e. The van der Waals surface area contributed by atoms with Crippen molar-refractivity contribution in [2.45, 2.75) is 96.8 Å². The van der Waals surface area contributed by atoms with Crippen molar-refractivity contribution in [1.82, 2.24) is 19.9 Å². The third kappa shape index (κ3) is 8.14. The number of amides is 1. The maximum Gasteiger partial charge on any atom is 0.410 e. The number of hydrogen-bond donors (Lipinski definition) is 3. The first-order valence-electron chi connectivity index (χ1n) is 14.6. The first kappa shape index (κ1) is 29.7. The Morgan fingerprint density at radius 1 is 1.18 bits per heavy atom. The molecule has 0 radical (unpaired) electrons. The number of ether oxygens (including phenoxy) is 1. The zero-order valence-electron chi connectivity index (χ0n) is 24.4. The number of hydrazine groups is 1. The number of anilines is 2. The molecule has 1 saturated carbocycles. The van der Waals surface area contributed by atoms with Crippen LogP contribution in [0.25, 0.3) is 17.3 Å². The molecular weight excluding hydrogens is 506 g/mol. The van der Waals surface area contributed by atoms with Gasteiger partial charge in [-0.25, -0.2) is 15.6 Å². The monoisotopic (exact) mass is 551 g/mol. The van der Waals surface area contributed by atoms with E-state index in [1.807, 2.05) is 39.1 Å². The maximum absolute atomic E-state index is 12.4. The van der Waals surface area contributed by atoms with Crippen molar-refractivity contribution < 1.29 is 14.6 Å². The van der Waals surface area contributed by atoms with Gasteiger partial charge in [-0.3, -0.25) is 9.99 Å². The highest BCUT2D eigenvalue weighted by molar-refractivity contribution is 5.74. The fourth-order valence-electron chi connectivity index (χ4n) is 5.05. The predicted octanol–water partition coefficient (Wildman–Crippen LogP) is 5.15. The summed E-state index contributed by atoms with van der Waals surface area (Å²) in [6.07, 6.45) is 12.1. The summed E-state index contributed by atoms with van der Waals surface area (Å²) >= 11 is 0. The molecule has 0 aromatic carbocycles. The number of carbonyl (C=O) groups is 1. The summed E-state index contributed by atoms with van der Waals surface area (Å²) in [5.74, 6) is 7.85. The maximum atomic E-state index is 12.4. The number of nitrogens with zero attached hydrogens (tertiary/aromatic N) is 5. The first-order chi connectivity index (χ1) is 19.1. The van der Waals surface area contributed by atoms with Crippen molar-refractivity contribution in [3.05, 3.63) is 35.7 Å². The number of aliphatic hydroxyl groups excluding tert-OH is 1. The average molecular weight is 552 g/mol. The molecule has 0 atom stereocenters. The predicted molar refractivity (Wildman–Crippen MR) is 159 cm³/mol. The second-order valence-corrected chi connectivity index (χ2v) is 11.8. The lowest BCUT2D eigenvalue weighted by atomic mass is 9.92. The molecule has 1 amide bonds. The second-order valence-electron chi connectivity index (χ2n) is 11.8. The van der Waals surface area contributed by atoms with E-state index in [-0.39, 0.29) is 18.2 Å². The van der Waals surface area contributed by atoms with Crippen LogP contribution in [0.4, 0.5) is 16.6 Å². The van der Waals surface area contributed by atoms with Crippen LogP contribution in [0.5, 0.6) is 0 Å². The van der Waals surface area contributed by atoms with Crippen LogP contribution < -0.4 is 16.2 Å². The van der Waals surface area contributed by atoms with Crippen LogP contribution in [0.15, 0.2) is 30.1 Å². The summed E-state index contributed by atoms with van der Waals surface area (Å²) in [6, 6.07) is 4.12. The Hall–Kier alpha value is -3.24. The van der Waals surface area contributed by atoms with Gasteiger partial charge in [-0.15, -0.1) is 0 Å². The molecule has 0 unspecified atom stereocenters. The molecule has 0 spiro atoms.